The van der Waals surface area contributed by atoms with Crippen LogP contribution in [0.15, 0.2) is 24.3 Å². The Morgan fingerprint density at radius 1 is 1.12 bits per heavy atom. The first-order chi connectivity index (χ1) is 12.5. The lowest BCUT2D eigenvalue weighted by Gasteiger charge is -2.12. The van der Waals surface area contributed by atoms with Gasteiger partial charge in [0.1, 0.15) is 5.00 Å². The molecule has 0 atom stereocenters. The highest BCUT2D eigenvalue weighted by Gasteiger charge is 2.27. The van der Waals surface area contributed by atoms with Crippen LogP contribution in [-0.2, 0) is 22.3 Å². The summed E-state index contributed by atoms with van der Waals surface area (Å²) in [6, 6.07) is 6.83. The first-order valence-corrected chi connectivity index (χ1v) is 9.25. The van der Waals surface area contributed by atoms with Gasteiger partial charge in [0.2, 0.25) is 0 Å². The summed E-state index contributed by atoms with van der Waals surface area (Å²) in [4.78, 5) is 25.0. The molecular weight excluding hydrogens is 372 g/mol. The highest BCUT2D eigenvalue weighted by Crippen LogP contribution is 2.39. The zero-order valence-corrected chi connectivity index (χ0v) is 16.0. The standard InChI is InChI=1S/C18H18N2O4S2/c1-23-16(21)10-5-3-6-11(9-10)19-18(25)20-15-14(17(22)24-2)12-7-4-8-13(12)26-15/h3,5-6,9H,4,7-8H2,1-2H3,(H2,19,20,25). The van der Waals surface area contributed by atoms with Gasteiger partial charge in [-0.05, 0) is 55.2 Å². The summed E-state index contributed by atoms with van der Waals surface area (Å²) < 4.78 is 9.64. The molecule has 6 nitrogen and oxygen atoms in total. The molecule has 1 aromatic carbocycles. The van der Waals surface area contributed by atoms with E-state index in [1.165, 1.54) is 30.4 Å². The number of ether oxygens (including phenoxy) is 2. The first kappa shape index (κ1) is 18.3. The number of nitrogens with one attached hydrogen (secondary N) is 2. The van der Waals surface area contributed by atoms with E-state index >= 15 is 0 Å². The molecule has 0 bridgehead atoms. The summed E-state index contributed by atoms with van der Waals surface area (Å²) in [5.41, 5.74) is 2.69. The van der Waals surface area contributed by atoms with Crippen LogP contribution in [0.4, 0.5) is 10.7 Å². The fraction of sp³-hybridized carbons (Fsp3) is 0.278. The summed E-state index contributed by atoms with van der Waals surface area (Å²) in [5.74, 6) is -0.780. The monoisotopic (exact) mass is 390 g/mol. The Balaban J connectivity index is 1.77. The third-order valence-electron chi connectivity index (χ3n) is 4.08. The van der Waals surface area contributed by atoms with E-state index in [-0.39, 0.29) is 5.97 Å². The van der Waals surface area contributed by atoms with E-state index in [9.17, 15) is 9.59 Å². The van der Waals surface area contributed by atoms with Crippen LogP contribution >= 0.6 is 23.6 Å². The zero-order chi connectivity index (χ0) is 18.7. The molecule has 0 fully saturated rings. The maximum Gasteiger partial charge on any atom is 0.341 e. The van der Waals surface area contributed by atoms with E-state index in [0.717, 1.165) is 24.8 Å². The predicted octanol–water partition coefficient (Wildman–Crippen LogP) is 3.62. The molecule has 0 saturated heterocycles. The van der Waals surface area contributed by atoms with Gasteiger partial charge in [0, 0.05) is 10.6 Å². The van der Waals surface area contributed by atoms with E-state index < -0.39 is 5.97 Å². The van der Waals surface area contributed by atoms with Gasteiger partial charge in [-0.1, -0.05) is 6.07 Å². The molecule has 26 heavy (non-hydrogen) atoms. The lowest BCUT2D eigenvalue weighted by atomic mass is 10.1. The van der Waals surface area contributed by atoms with Gasteiger partial charge in [-0.15, -0.1) is 11.3 Å². The van der Waals surface area contributed by atoms with Crippen molar-refractivity contribution in [2.45, 2.75) is 19.3 Å². The van der Waals surface area contributed by atoms with E-state index in [4.69, 9.17) is 21.7 Å². The van der Waals surface area contributed by atoms with E-state index in [1.807, 2.05) is 0 Å². The molecule has 136 valence electrons. The largest absolute Gasteiger partial charge is 0.465 e. The number of benzene rings is 1. The second kappa shape index (κ2) is 7.84. The van der Waals surface area contributed by atoms with Crippen LogP contribution in [0, 0.1) is 0 Å². The van der Waals surface area contributed by atoms with Crippen LogP contribution in [0.5, 0.6) is 0 Å². The van der Waals surface area contributed by atoms with E-state index in [2.05, 4.69) is 10.6 Å². The SMILES string of the molecule is COC(=O)c1cccc(NC(=S)Nc2sc3c(c2C(=O)OC)CCC3)c1. The van der Waals surface area contributed by atoms with E-state index in [1.54, 1.807) is 24.3 Å². The van der Waals surface area contributed by atoms with Gasteiger partial charge in [0.05, 0.1) is 25.3 Å². The number of rotatable bonds is 4. The second-order valence-corrected chi connectivity index (χ2v) is 7.22. The summed E-state index contributed by atoms with van der Waals surface area (Å²) >= 11 is 6.89. The van der Waals surface area contributed by atoms with Crippen LogP contribution in [0.1, 0.15) is 37.6 Å². The number of hydrogen-bond donors (Lipinski definition) is 2. The molecule has 8 heteroatoms. The Morgan fingerprint density at radius 2 is 1.88 bits per heavy atom. The molecule has 1 aliphatic rings. The van der Waals surface area contributed by atoms with Gasteiger partial charge in [-0.2, -0.15) is 0 Å². The van der Waals surface area contributed by atoms with Crippen molar-refractivity contribution in [3.63, 3.8) is 0 Å². The molecule has 0 unspecified atom stereocenters. The number of hydrogen-bond acceptors (Lipinski definition) is 6. The summed E-state index contributed by atoms with van der Waals surface area (Å²) in [6.07, 6.45) is 2.89. The molecule has 3 rings (SSSR count). The van der Waals surface area contributed by atoms with Gasteiger partial charge in [-0.3, -0.25) is 0 Å². The van der Waals surface area contributed by atoms with Crippen molar-refractivity contribution >= 4 is 51.3 Å². The van der Waals surface area contributed by atoms with Gasteiger partial charge in [0.25, 0.3) is 0 Å². The number of anilines is 2. The zero-order valence-electron chi connectivity index (χ0n) is 14.4. The summed E-state index contributed by atoms with van der Waals surface area (Å²) in [6.45, 7) is 0. The van der Waals surface area contributed by atoms with Crippen molar-refractivity contribution in [3.05, 3.63) is 45.8 Å². The number of aryl methyl sites for hydroxylation is 1. The van der Waals surface area contributed by atoms with Crippen molar-refractivity contribution < 1.29 is 19.1 Å². The maximum absolute atomic E-state index is 12.2. The highest BCUT2D eigenvalue weighted by atomic mass is 32.1. The van der Waals surface area contributed by atoms with Crippen molar-refractivity contribution in [1.82, 2.24) is 0 Å². The number of carbonyl (C=O) groups excluding carboxylic acids is 2. The Kier molecular flexibility index (Phi) is 5.53. The van der Waals surface area contributed by atoms with E-state index in [0.29, 0.717) is 26.9 Å². The van der Waals surface area contributed by atoms with Crippen LogP contribution in [0.25, 0.3) is 0 Å². The molecule has 0 aliphatic heterocycles. The molecule has 2 N–H and O–H groups in total. The van der Waals surface area contributed by atoms with Crippen LogP contribution in [0.3, 0.4) is 0 Å². The number of thiophene rings is 1. The number of thiocarbonyl (C=S) groups is 1. The number of esters is 2. The summed E-state index contributed by atoms with van der Waals surface area (Å²) in [7, 11) is 2.71. The topological polar surface area (TPSA) is 76.7 Å². The Hall–Kier alpha value is -2.45. The van der Waals surface area contributed by atoms with Gasteiger partial charge < -0.3 is 20.1 Å². The van der Waals surface area contributed by atoms with Crippen LogP contribution in [-0.4, -0.2) is 31.3 Å². The third-order valence-corrected chi connectivity index (χ3v) is 5.49. The molecule has 0 amide bonds. The van der Waals surface area contributed by atoms with Crippen molar-refractivity contribution in [1.29, 1.82) is 0 Å². The van der Waals surface area contributed by atoms with Crippen LogP contribution < -0.4 is 10.6 Å². The Morgan fingerprint density at radius 3 is 2.62 bits per heavy atom. The normalized spacial score (nSPS) is 12.2. The molecule has 1 aliphatic carbocycles. The minimum absolute atomic E-state index is 0.331. The van der Waals surface area contributed by atoms with Crippen molar-refractivity contribution in [3.8, 4) is 0 Å². The molecule has 1 aromatic heterocycles. The molecular formula is C18H18N2O4S2. The number of methoxy groups -OCH3 is 2. The fourth-order valence-electron chi connectivity index (χ4n) is 2.92. The first-order valence-electron chi connectivity index (χ1n) is 8.02. The second-order valence-electron chi connectivity index (χ2n) is 5.70. The fourth-order valence-corrected chi connectivity index (χ4v) is 4.48. The minimum Gasteiger partial charge on any atom is -0.465 e. The third kappa shape index (κ3) is 3.71. The number of carbonyl (C=O) groups is 2. The molecule has 2 aromatic rings. The van der Waals surface area contributed by atoms with Crippen molar-refractivity contribution in [2.24, 2.45) is 0 Å². The smallest absolute Gasteiger partial charge is 0.341 e. The van der Waals surface area contributed by atoms with Crippen molar-refractivity contribution in [2.75, 3.05) is 24.9 Å². The maximum atomic E-state index is 12.2. The molecule has 0 radical (unpaired) electrons. The molecule has 1 heterocycles. The number of fused-ring (bicyclic) bond motifs is 1. The molecule has 0 saturated carbocycles. The lowest BCUT2D eigenvalue weighted by molar-refractivity contribution is 0.0592. The average Bonchev–Trinajstić information content (AvgIpc) is 3.21. The highest BCUT2D eigenvalue weighted by molar-refractivity contribution is 7.80. The Labute approximate surface area is 160 Å². The van der Waals surface area contributed by atoms with Gasteiger partial charge in [-0.25, -0.2) is 9.59 Å². The average molecular weight is 390 g/mol. The van der Waals surface area contributed by atoms with Gasteiger partial charge >= 0.3 is 11.9 Å². The van der Waals surface area contributed by atoms with Gasteiger partial charge in [0.15, 0.2) is 5.11 Å². The molecule has 0 spiro atoms. The summed E-state index contributed by atoms with van der Waals surface area (Å²) in [5, 5.41) is 7.13. The quantitative estimate of drug-likeness (QED) is 0.610. The lowest BCUT2D eigenvalue weighted by Crippen LogP contribution is -2.20. The predicted molar refractivity (Wildman–Crippen MR) is 105 cm³/mol. The Bertz CT molecular complexity index is 876. The van der Waals surface area contributed by atoms with Crippen LogP contribution in [0.2, 0.25) is 0 Å². The minimum atomic E-state index is -0.421.